The Morgan fingerprint density at radius 3 is 2.86 bits per heavy atom. The molecule has 1 saturated heterocycles. The highest BCUT2D eigenvalue weighted by Gasteiger charge is 2.26. The van der Waals surface area contributed by atoms with Crippen molar-refractivity contribution in [2.24, 2.45) is 0 Å². The Labute approximate surface area is 174 Å². The first kappa shape index (κ1) is 19.6. The molecular weight excluding hydrogens is 391 g/mol. The van der Waals surface area contributed by atoms with Crippen molar-refractivity contribution in [3.8, 4) is 0 Å². The number of benzene rings is 2. The average Bonchev–Trinajstić information content (AvgIpc) is 2.77. The molecule has 0 saturated carbocycles. The van der Waals surface area contributed by atoms with Crippen LogP contribution in [0.5, 0.6) is 0 Å². The normalized spacial score (nSPS) is 16.7. The minimum Gasteiger partial charge on any atom is -0.377 e. The lowest BCUT2D eigenvalue weighted by Crippen LogP contribution is -2.40. The van der Waals surface area contributed by atoms with Crippen molar-refractivity contribution in [3.63, 3.8) is 0 Å². The summed E-state index contributed by atoms with van der Waals surface area (Å²) < 4.78 is 20.1. The predicted octanol–water partition coefficient (Wildman–Crippen LogP) is 4.77. The van der Waals surface area contributed by atoms with E-state index >= 15 is 0 Å². The second-order valence-corrected chi connectivity index (χ2v) is 7.35. The van der Waals surface area contributed by atoms with E-state index in [0.717, 1.165) is 12.4 Å². The topological polar surface area (TPSA) is 50.3 Å². The Morgan fingerprint density at radius 2 is 2.03 bits per heavy atom. The van der Waals surface area contributed by atoms with Gasteiger partial charge in [0, 0.05) is 29.9 Å². The van der Waals surface area contributed by atoms with Crippen LogP contribution in [0, 0.1) is 12.7 Å². The van der Waals surface area contributed by atoms with Gasteiger partial charge in [-0.05, 0) is 30.2 Å². The molecule has 5 nitrogen and oxygen atoms in total. The molecule has 0 amide bonds. The van der Waals surface area contributed by atoms with Crippen LogP contribution in [0.2, 0.25) is 5.02 Å². The first-order valence-electron chi connectivity index (χ1n) is 9.53. The van der Waals surface area contributed by atoms with Gasteiger partial charge in [0.1, 0.15) is 11.6 Å². The molecular formula is C22H22ClFN4O. The minimum absolute atomic E-state index is 0.0800. The molecule has 4 rings (SSSR count). The molecule has 3 aromatic rings. The third-order valence-corrected chi connectivity index (χ3v) is 5.40. The number of nitrogens with one attached hydrogen (secondary N) is 1. The molecule has 0 spiro atoms. The second kappa shape index (κ2) is 8.76. The van der Waals surface area contributed by atoms with E-state index in [9.17, 15) is 4.39 Å². The fraction of sp³-hybridized carbons (Fsp3) is 0.273. The molecule has 2 heterocycles. The standard InChI is InChI=1S/C22H22ClFN4O/c1-15-7-8-18(23)17(21(15)24)13-26-22-25-10-9-20(27-22)28-11-12-29-14-19(28)16-5-3-2-4-6-16/h2-10,19H,11-14H2,1H3,(H,25,26,27)/t19-/m1/s1. The Morgan fingerprint density at radius 1 is 1.21 bits per heavy atom. The molecule has 1 atom stereocenters. The molecule has 2 aromatic carbocycles. The smallest absolute Gasteiger partial charge is 0.224 e. The van der Waals surface area contributed by atoms with Gasteiger partial charge in [-0.25, -0.2) is 9.37 Å². The highest BCUT2D eigenvalue weighted by molar-refractivity contribution is 6.31. The van der Waals surface area contributed by atoms with Gasteiger partial charge in [0.15, 0.2) is 0 Å². The van der Waals surface area contributed by atoms with Gasteiger partial charge in [-0.1, -0.05) is 48.0 Å². The number of nitrogens with zero attached hydrogens (tertiary/aromatic N) is 3. The highest BCUT2D eigenvalue weighted by atomic mass is 35.5. The number of morpholine rings is 1. The Bertz CT molecular complexity index is 986. The summed E-state index contributed by atoms with van der Waals surface area (Å²) in [6, 6.07) is 15.6. The lowest BCUT2D eigenvalue weighted by molar-refractivity contribution is 0.0937. The van der Waals surface area contributed by atoms with Crippen LogP contribution in [0.15, 0.2) is 54.7 Å². The minimum atomic E-state index is -0.307. The number of ether oxygens (including phenoxy) is 1. The third kappa shape index (κ3) is 4.33. The first-order valence-corrected chi connectivity index (χ1v) is 9.91. The van der Waals surface area contributed by atoms with Crippen LogP contribution in [0.4, 0.5) is 16.2 Å². The molecule has 150 valence electrons. The van der Waals surface area contributed by atoms with E-state index < -0.39 is 0 Å². The molecule has 1 aliphatic rings. The zero-order valence-corrected chi connectivity index (χ0v) is 16.9. The third-order valence-electron chi connectivity index (χ3n) is 5.05. The Hall–Kier alpha value is -2.70. The maximum atomic E-state index is 14.4. The van der Waals surface area contributed by atoms with Crippen molar-refractivity contribution in [1.29, 1.82) is 0 Å². The van der Waals surface area contributed by atoms with Crippen LogP contribution in [-0.4, -0.2) is 29.7 Å². The van der Waals surface area contributed by atoms with Gasteiger partial charge in [-0.15, -0.1) is 0 Å². The maximum Gasteiger partial charge on any atom is 0.224 e. The molecule has 0 aliphatic carbocycles. The Kier molecular flexibility index (Phi) is 5.92. The summed E-state index contributed by atoms with van der Waals surface area (Å²) in [4.78, 5) is 11.1. The van der Waals surface area contributed by atoms with E-state index in [1.807, 2.05) is 24.3 Å². The SMILES string of the molecule is Cc1ccc(Cl)c(CNc2nccc(N3CCOC[C@@H]3c3ccccc3)n2)c1F. The second-order valence-electron chi connectivity index (χ2n) is 6.94. The number of aryl methyl sites for hydroxylation is 1. The molecule has 7 heteroatoms. The number of anilines is 2. The van der Waals surface area contributed by atoms with Gasteiger partial charge in [-0.2, -0.15) is 4.98 Å². The highest BCUT2D eigenvalue weighted by Crippen LogP contribution is 2.29. The van der Waals surface area contributed by atoms with E-state index in [-0.39, 0.29) is 18.4 Å². The molecule has 29 heavy (non-hydrogen) atoms. The molecule has 1 aliphatic heterocycles. The van der Waals surface area contributed by atoms with Crippen molar-refractivity contribution in [2.45, 2.75) is 19.5 Å². The fourth-order valence-corrected chi connectivity index (χ4v) is 3.68. The van der Waals surface area contributed by atoms with Crippen molar-refractivity contribution < 1.29 is 9.13 Å². The van der Waals surface area contributed by atoms with Crippen molar-refractivity contribution >= 4 is 23.4 Å². The largest absolute Gasteiger partial charge is 0.377 e. The quantitative estimate of drug-likeness (QED) is 0.654. The molecule has 1 aromatic heterocycles. The lowest BCUT2D eigenvalue weighted by Gasteiger charge is -2.36. The number of halogens is 2. The maximum absolute atomic E-state index is 14.4. The summed E-state index contributed by atoms with van der Waals surface area (Å²) >= 11 is 6.16. The van der Waals surface area contributed by atoms with Gasteiger partial charge in [-0.3, -0.25) is 0 Å². The van der Waals surface area contributed by atoms with Crippen LogP contribution >= 0.6 is 11.6 Å². The molecule has 0 unspecified atom stereocenters. The van der Waals surface area contributed by atoms with Crippen LogP contribution in [0.25, 0.3) is 0 Å². The van der Waals surface area contributed by atoms with Gasteiger partial charge in [0.25, 0.3) is 0 Å². The number of rotatable bonds is 5. The summed E-state index contributed by atoms with van der Waals surface area (Å²) in [5.41, 5.74) is 2.14. The number of aromatic nitrogens is 2. The van der Waals surface area contributed by atoms with E-state index in [4.69, 9.17) is 16.3 Å². The van der Waals surface area contributed by atoms with Crippen molar-refractivity contribution in [2.75, 3.05) is 30.0 Å². The van der Waals surface area contributed by atoms with E-state index in [1.54, 1.807) is 25.3 Å². The zero-order chi connectivity index (χ0) is 20.2. The Balaban J connectivity index is 1.55. The summed E-state index contributed by atoms with van der Waals surface area (Å²) in [6.07, 6.45) is 1.70. The van der Waals surface area contributed by atoms with Gasteiger partial charge in [0.2, 0.25) is 5.95 Å². The molecule has 1 N–H and O–H groups in total. The molecule has 0 bridgehead atoms. The number of hydrogen-bond donors (Lipinski definition) is 1. The predicted molar refractivity (Wildman–Crippen MR) is 113 cm³/mol. The van der Waals surface area contributed by atoms with Crippen molar-refractivity contribution in [3.05, 3.63) is 82.3 Å². The summed E-state index contributed by atoms with van der Waals surface area (Å²) in [7, 11) is 0. The van der Waals surface area contributed by atoms with Crippen LogP contribution in [0.3, 0.4) is 0 Å². The first-order chi connectivity index (χ1) is 14.1. The molecule has 0 radical (unpaired) electrons. The van der Waals surface area contributed by atoms with E-state index in [2.05, 4.69) is 32.3 Å². The lowest BCUT2D eigenvalue weighted by atomic mass is 10.1. The summed E-state index contributed by atoms with van der Waals surface area (Å²) in [5.74, 6) is 0.923. The summed E-state index contributed by atoms with van der Waals surface area (Å²) in [6.45, 7) is 3.89. The van der Waals surface area contributed by atoms with Crippen LogP contribution in [0.1, 0.15) is 22.7 Å². The molecule has 1 fully saturated rings. The monoisotopic (exact) mass is 412 g/mol. The van der Waals surface area contributed by atoms with Gasteiger partial charge < -0.3 is 15.0 Å². The summed E-state index contributed by atoms with van der Waals surface area (Å²) in [5, 5.41) is 3.48. The van der Waals surface area contributed by atoms with Crippen LogP contribution in [-0.2, 0) is 11.3 Å². The van der Waals surface area contributed by atoms with E-state index in [0.29, 0.717) is 35.3 Å². The zero-order valence-electron chi connectivity index (χ0n) is 16.1. The number of hydrogen-bond acceptors (Lipinski definition) is 5. The van der Waals surface area contributed by atoms with Crippen LogP contribution < -0.4 is 10.2 Å². The van der Waals surface area contributed by atoms with Crippen molar-refractivity contribution in [1.82, 2.24) is 9.97 Å². The van der Waals surface area contributed by atoms with E-state index in [1.165, 1.54) is 5.56 Å². The van der Waals surface area contributed by atoms with Gasteiger partial charge in [0.05, 0.1) is 19.3 Å². The fourth-order valence-electron chi connectivity index (χ4n) is 3.47. The van der Waals surface area contributed by atoms with Gasteiger partial charge >= 0.3 is 0 Å². The average molecular weight is 413 g/mol.